The minimum absolute atomic E-state index is 0.105. The molecule has 66 valence electrons. The summed E-state index contributed by atoms with van der Waals surface area (Å²) in [5.74, 6) is -0.107. The lowest BCUT2D eigenvalue weighted by Crippen LogP contribution is -2.24. The van der Waals surface area contributed by atoms with Crippen LogP contribution in [-0.2, 0) is 0 Å². The molecular weight excluding hydrogens is 156 g/mol. The third kappa shape index (κ3) is 2.39. The molecule has 0 bridgehead atoms. The van der Waals surface area contributed by atoms with Gasteiger partial charge < -0.3 is 15.4 Å². The fraction of sp³-hybridized carbons (Fsp3) is 0.375. The first kappa shape index (κ1) is 8.80. The number of amides is 1. The highest BCUT2D eigenvalue weighted by Crippen LogP contribution is 1.94. The van der Waals surface area contributed by atoms with Crippen molar-refractivity contribution in [3.05, 3.63) is 24.0 Å². The molecular formula is C8H12N2O2. The minimum atomic E-state index is -0.107. The molecule has 0 fully saturated rings. The Labute approximate surface area is 70.6 Å². The van der Waals surface area contributed by atoms with Crippen molar-refractivity contribution in [3.63, 3.8) is 0 Å². The maximum atomic E-state index is 11.2. The number of aromatic amines is 1. The highest BCUT2D eigenvalue weighted by molar-refractivity contribution is 5.93. The SMILES string of the molecule is O=C(NCCCO)c1cc[nH]c1. The molecule has 4 nitrogen and oxygen atoms in total. The fourth-order valence-corrected chi connectivity index (χ4v) is 0.848. The van der Waals surface area contributed by atoms with E-state index in [0.717, 1.165) is 0 Å². The van der Waals surface area contributed by atoms with Crippen LogP contribution in [0.15, 0.2) is 18.5 Å². The zero-order valence-electron chi connectivity index (χ0n) is 6.71. The van der Waals surface area contributed by atoms with Crippen LogP contribution in [0, 0.1) is 0 Å². The monoisotopic (exact) mass is 168 g/mol. The Hall–Kier alpha value is -1.29. The topological polar surface area (TPSA) is 65.1 Å². The molecule has 0 radical (unpaired) electrons. The number of H-pyrrole nitrogens is 1. The first-order valence-corrected chi connectivity index (χ1v) is 3.86. The average molecular weight is 168 g/mol. The Balaban J connectivity index is 2.30. The van der Waals surface area contributed by atoms with E-state index < -0.39 is 0 Å². The Bertz CT molecular complexity index is 231. The molecule has 0 atom stereocenters. The summed E-state index contributed by atoms with van der Waals surface area (Å²) in [6.07, 6.45) is 3.92. The van der Waals surface area contributed by atoms with Crippen LogP contribution in [0.4, 0.5) is 0 Å². The summed E-state index contributed by atoms with van der Waals surface area (Å²) in [6.45, 7) is 0.619. The third-order valence-electron chi connectivity index (χ3n) is 1.48. The lowest BCUT2D eigenvalue weighted by Gasteiger charge is -2.00. The summed E-state index contributed by atoms with van der Waals surface area (Å²) >= 11 is 0. The van der Waals surface area contributed by atoms with Gasteiger partial charge in [0.15, 0.2) is 0 Å². The Morgan fingerprint density at radius 2 is 2.50 bits per heavy atom. The molecule has 0 aliphatic heterocycles. The van der Waals surface area contributed by atoms with E-state index in [1.165, 1.54) is 0 Å². The van der Waals surface area contributed by atoms with Crippen molar-refractivity contribution in [2.45, 2.75) is 6.42 Å². The van der Waals surface area contributed by atoms with E-state index in [1.807, 2.05) is 0 Å². The van der Waals surface area contributed by atoms with Crippen molar-refractivity contribution in [2.75, 3.05) is 13.2 Å². The van der Waals surface area contributed by atoms with Gasteiger partial charge in [0.25, 0.3) is 5.91 Å². The second-order valence-electron chi connectivity index (χ2n) is 2.43. The molecule has 1 aromatic heterocycles. The number of nitrogens with one attached hydrogen (secondary N) is 2. The molecule has 4 heteroatoms. The maximum absolute atomic E-state index is 11.2. The molecule has 3 N–H and O–H groups in total. The summed E-state index contributed by atoms with van der Waals surface area (Å²) in [6, 6.07) is 1.70. The quantitative estimate of drug-likeness (QED) is 0.559. The molecule has 0 aromatic carbocycles. The highest BCUT2D eigenvalue weighted by atomic mass is 16.3. The second kappa shape index (κ2) is 4.56. The molecule has 12 heavy (non-hydrogen) atoms. The molecule has 0 aliphatic carbocycles. The fourth-order valence-electron chi connectivity index (χ4n) is 0.848. The van der Waals surface area contributed by atoms with Crippen molar-refractivity contribution >= 4 is 5.91 Å². The standard InChI is InChI=1S/C8H12N2O2/c11-5-1-3-10-8(12)7-2-4-9-6-7/h2,4,6,9,11H,1,3,5H2,(H,10,12). The number of carbonyl (C=O) groups excluding carboxylic acids is 1. The number of hydrogen-bond donors (Lipinski definition) is 3. The van der Waals surface area contributed by atoms with Gasteiger partial charge in [-0.05, 0) is 12.5 Å². The molecule has 0 spiro atoms. The zero-order valence-corrected chi connectivity index (χ0v) is 6.71. The molecule has 0 aliphatic rings. The van der Waals surface area contributed by atoms with Crippen LogP contribution in [0.3, 0.4) is 0 Å². The summed E-state index contributed by atoms with van der Waals surface area (Å²) < 4.78 is 0. The lowest BCUT2D eigenvalue weighted by atomic mass is 10.3. The van der Waals surface area contributed by atoms with Gasteiger partial charge in [-0.25, -0.2) is 0 Å². The largest absolute Gasteiger partial charge is 0.396 e. The highest BCUT2D eigenvalue weighted by Gasteiger charge is 2.02. The number of aliphatic hydroxyl groups excluding tert-OH is 1. The van der Waals surface area contributed by atoms with E-state index in [2.05, 4.69) is 10.3 Å². The number of rotatable bonds is 4. The average Bonchev–Trinajstić information content (AvgIpc) is 2.56. The van der Waals surface area contributed by atoms with Gasteiger partial charge in [-0.2, -0.15) is 0 Å². The number of aliphatic hydroxyl groups is 1. The Morgan fingerprint density at radius 1 is 1.67 bits per heavy atom. The van der Waals surface area contributed by atoms with Crippen molar-refractivity contribution in [2.24, 2.45) is 0 Å². The van der Waals surface area contributed by atoms with Crippen LogP contribution < -0.4 is 5.32 Å². The van der Waals surface area contributed by atoms with Gasteiger partial charge in [0, 0.05) is 25.5 Å². The van der Waals surface area contributed by atoms with Crippen LogP contribution >= 0.6 is 0 Å². The van der Waals surface area contributed by atoms with Crippen LogP contribution in [0.5, 0.6) is 0 Å². The Kier molecular flexibility index (Phi) is 3.35. The van der Waals surface area contributed by atoms with Crippen LogP contribution in [0.25, 0.3) is 0 Å². The van der Waals surface area contributed by atoms with Crippen molar-refractivity contribution in [1.29, 1.82) is 0 Å². The minimum Gasteiger partial charge on any atom is -0.396 e. The third-order valence-corrected chi connectivity index (χ3v) is 1.48. The van der Waals surface area contributed by atoms with Crippen LogP contribution in [0.2, 0.25) is 0 Å². The first-order chi connectivity index (χ1) is 5.84. The van der Waals surface area contributed by atoms with Crippen LogP contribution in [0.1, 0.15) is 16.8 Å². The first-order valence-electron chi connectivity index (χ1n) is 3.86. The van der Waals surface area contributed by atoms with Crippen molar-refractivity contribution in [1.82, 2.24) is 10.3 Å². The normalized spacial score (nSPS) is 9.75. The zero-order chi connectivity index (χ0) is 8.81. The van der Waals surface area contributed by atoms with E-state index in [0.29, 0.717) is 18.5 Å². The smallest absolute Gasteiger partial charge is 0.252 e. The predicted octanol–water partition coefficient (Wildman–Crippen LogP) is 0.127. The van der Waals surface area contributed by atoms with Gasteiger partial charge in [-0.1, -0.05) is 0 Å². The van der Waals surface area contributed by atoms with E-state index in [1.54, 1.807) is 18.5 Å². The van der Waals surface area contributed by atoms with E-state index >= 15 is 0 Å². The van der Waals surface area contributed by atoms with Gasteiger partial charge in [-0.3, -0.25) is 4.79 Å². The van der Waals surface area contributed by atoms with E-state index in [9.17, 15) is 4.79 Å². The molecule has 1 heterocycles. The number of carbonyl (C=O) groups is 1. The summed E-state index contributed by atoms with van der Waals surface area (Å²) in [4.78, 5) is 14.0. The Morgan fingerprint density at radius 3 is 3.08 bits per heavy atom. The molecule has 1 amide bonds. The van der Waals surface area contributed by atoms with Gasteiger partial charge in [0.2, 0.25) is 0 Å². The molecule has 0 saturated heterocycles. The molecule has 1 aromatic rings. The summed E-state index contributed by atoms with van der Waals surface area (Å²) in [5.41, 5.74) is 0.618. The summed E-state index contributed by atoms with van der Waals surface area (Å²) in [5, 5.41) is 11.1. The summed E-state index contributed by atoms with van der Waals surface area (Å²) in [7, 11) is 0. The number of hydrogen-bond acceptors (Lipinski definition) is 2. The van der Waals surface area contributed by atoms with Gasteiger partial charge >= 0.3 is 0 Å². The maximum Gasteiger partial charge on any atom is 0.252 e. The predicted molar refractivity (Wildman–Crippen MR) is 44.8 cm³/mol. The van der Waals surface area contributed by atoms with Gasteiger partial charge in [-0.15, -0.1) is 0 Å². The molecule has 0 unspecified atom stereocenters. The van der Waals surface area contributed by atoms with E-state index in [4.69, 9.17) is 5.11 Å². The van der Waals surface area contributed by atoms with E-state index in [-0.39, 0.29) is 12.5 Å². The number of aromatic nitrogens is 1. The van der Waals surface area contributed by atoms with Gasteiger partial charge in [0.1, 0.15) is 0 Å². The van der Waals surface area contributed by atoms with Gasteiger partial charge in [0.05, 0.1) is 5.56 Å². The lowest BCUT2D eigenvalue weighted by molar-refractivity contribution is 0.0951. The van der Waals surface area contributed by atoms with Crippen molar-refractivity contribution in [3.8, 4) is 0 Å². The molecule has 0 saturated carbocycles. The second-order valence-corrected chi connectivity index (χ2v) is 2.43. The van der Waals surface area contributed by atoms with Crippen LogP contribution in [-0.4, -0.2) is 29.1 Å². The molecule has 1 rings (SSSR count). The van der Waals surface area contributed by atoms with Crippen molar-refractivity contribution < 1.29 is 9.90 Å².